The van der Waals surface area contributed by atoms with Gasteiger partial charge in [-0.1, -0.05) is 4.73 Å². The fourth-order valence-corrected chi connectivity index (χ4v) is 4.33. The van der Waals surface area contributed by atoms with Crippen LogP contribution in [0.3, 0.4) is 0 Å². The van der Waals surface area contributed by atoms with Crippen LogP contribution in [0.1, 0.15) is 6.92 Å². The van der Waals surface area contributed by atoms with Crippen molar-refractivity contribution in [2.24, 2.45) is 0 Å². The van der Waals surface area contributed by atoms with E-state index in [2.05, 4.69) is 23.4 Å². The summed E-state index contributed by atoms with van der Waals surface area (Å²) in [6.45, 7) is 0.282. The number of rotatable bonds is 9. The fourth-order valence-electron chi connectivity index (χ4n) is 1.98. The maximum Gasteiger partial charge on any atom is 0.514 e. The molecule has 1 heterocycles. The first-order chi connectivity index (χ1) is 12.0. The van der Waals surface area contributed by atoms with Crippen LogP contribution in [0.25, 0.3) is 0 Å². The molecule has 4 N–H and O–H groups in total. The van der Waals surface area contributed by atoms with E-state index in [0.29, 0.717) is 0 Å². The van der Waals surface area contributed by atoms with Crippen molar-refractivity contribution >= 4 is 21.6 Å². The van der Waals surface area contributed by atoms with Gasteiger partial charge in [0.1, 0.15) is 24.4 Å². The Morgan fingerprint density at radius 3 is 2.19 bits per heavy atom. The molecule has 0 spiro atoms. The molecule has 1 aliphatic heterocycles. The summed E-state index contributed by atoms with van der Waals surface area (Å²) in [4.78, 5) is 11.3. The second-order valence-electron chi connectivity index (χ2n) is 4.95. The van der Waals surface area contributed by atoms with Crippen LogP contribution in [-0.2, 0) is 41.3 Å². The molecule has 0 aromatic carbocycles. The zero-order valence-corrected chi connectivity index (χ0v) is 15.7. The third-order valence-corrected chi connectivity index (χ3v) is 6.34. The van der Waals surface area contributed by atoms with Crippen LogP contribution < -0.4 is 5.32 Å². The van der Waals surface area contributed by atoms with E-state index in [1.54, 1.807) is 0 Å². The topological polar surface area (TPSA) is 179 Å². The van der Waals surface area contributed by atoms with Crippen molar-refractivity contribution in [2.45, 2.75) is 37.6 Å². The molecular formula is C10H20FNO12P2. The van der Waals surface area contributed by atoms with Gasteiger partial charge in [-0.3, -0.25) is 18.4 Å². The van der Waals surface area contributed by atoms with E-state index >= 15 is 0 Å². The van der Waals surface area contributed by atoms with Crippen LogP contribution in [0.15, 0.2) is 0 Å². The number of hydrogen-bond acceptors (Lipinski definition) is 12. The summed E-state index contributed by atoms with van der Waals surface area (Å²) in [5.41, 5.74) is 0. The van der Waals surface area contributed by atoms with Gasteiger partial charge in [0, 0.05) is 21.1 Å². The molecule has 0 aromatic rings. The highest BCUT2D eigenvalue weighted by Crippen LogP contribution is 2.66. The number of nitrogens with one attached hydrogen (secondary N) is 1. The molecule has 1 saturated heterocycles. The van der Waals surface area contributed by atoms with E-state index in [1.165, 1.54) is 0 Å². The molecule has 13 nitrogen and oxygen atoms in total. The van der Waals surface area contributed by atoms with E-state index < -0.39 is 58.8 Å². The smallest absolute Gasteiger partial charge is 0.394 e. The lowest BCUT2D eigenvalue weighted by Crippen LogP contribution is -2.64. The first kappa shape index (κ1) is 23.5. The largest absolute Gasteiger partial charge is 0.514 e. The third-order valence-electron chi connectivity index (χ3n) is 3.22. The maximum absolute atomic E-state index is 12.4. The molecule has 0 bridgehead atoms. The minimum absolute atomic E-state index is 0.691. The van der Waals surface area contributed by atoms with E-state index in [4.69, 9.17) is 9.26 Å². The molecule has 0 radical (unpaired) electrons. The summed E-state index contributed by atoms with van der Waals surface area (Å²) in [6.07, 6.45) is -6.60. The molecule has 0 aliphatic carbocycles. The molecule has 16 heteroatoms. The highest BCUT2D eigenvalue weighted by molar-refractivity contribution is 7.62. The predicted molar refractivity (Wildman–Crippen MR) is 79.0 cm³/mol. The van der Waals surface area contributed by atoms with Gasteiger partial charge < -0.3 is 25.4 Å². The molecule has 1 rings (SSSR count). The summed E-state index contributed by atoms with van der Waals surface area (Å²) < 4.78 is 62.2. The summed E-state index contributed by atoms with van der Waals surface area (Å²) in [6, 6.07) is -1.51. The van der Waals surface area contributed by atoms with Crippen LogP contribution in [-0.4, -0.2) is 72.7 Å². The zero-order valence-electron chi connectivity index (χ0n) is 13.9. The number of phosphoric ester groups is 1. The Morgan fingerprint density at radius 2 is 1.77 bits per heavy atom. The van der Waals surface area contributed by atoms with Gasteiger partial charge in [-0.25, -0.2) is 9.13 Å². The average molecular weight is 427 g/mol. The van der Waals surface area contributed by atoms with Crippen molar-refractivity contribution in [3.05, 3.63) is 0 Å². The number of hydrogen-bond donors (Lipinski definition) is 4. The molecule has 154 valence electrons. The fraction of sp³-hybridized carbons (Fsp3) is 0.900. The highest BCUT2D eigenvalue weighted by atomic mass is 31.3. The molecule has 1 aliphatic rings. The minimum atomic E-state index is -4.97. The standard InChI is InChI=1S/C10H20FNO12P2/c1-5(14)12-7-9(16)8(15)6(4-13)21-10(7)22-25(17,19-2)24-26(18,20-3)23-11/h6-10,13,15-16H,4H2,1-3H3,(H,12,14)/t6?,7?,8-,9-,10-,25?,26?/m1/s1. The zero-order chi connectivity index (χ0) is 20.1. The Bertz CT molecular complexity index is 570. The van der Waals surface area contributed by atoms with Crippen molar-refractivity contribution in [3.8, 4) is 0 Å². The van der Waals surface area contributed by atoms with E-state index in [-0.39, 0.29) is 0 Å². The van der Waals surface area contributed by atoms with Crippen LogP contribution in [0.2, 0.25) is 0 Å². The van der Waals surface area contributed by atoms with E-state index in [9.17, 15) is 33.8 Å². The number of phosphoric acid groups is 2. The summed E-state index contributed by atoms with van der Waals surface area (Å²) in [5, 5.41) is 31.3. The van der Waals surface area contributed by atoms with Crippen LogP contribution in [0.5, 0.6) is 0 Å². The van der Waals surface area contributed by atoms with Crippen molar-refractivity contribution in [1.29, 1.82) is 0 Å². The molecular weight excluding hydrogens is 407 g/mol. The first-order valence-corrected chi connectivity index (χ1v) is 9.88. The van der Waals surface area contributed by atoms with Crippen molar-refractivity contribution in [3.63, 3.8) is 0 Å². The first-order valence-electron chi connectivity index (χ1n) is 6.96. The van der Waals surface area contributed by atoms with Gasteiger partial charge in [-0.05, 0) is 4.53 Å². The van der Waals surface area contributed by atoms with E-state index in [1.807, 2.05) is 0 Å². The molecule has 0 saturated carbocycles. The van der Waals surface area contributed by atoms with Gasteiger partial charge in [0.2, 0.25) is 5.91 Å². The second kappa shape index (κ2) is 9.62. The quantitative estimate of drug-likeness (QED) is 0.343. The number of aliphatic hydroxyl groups is 3. The third kappa shape index (κ3) is 5.75. The normalized spacial score (nSPS) is 33.9. The number of aliphatic hydroxyl groups excluding tert-OH is 3. The Kier molecular flexibility index (Phi) is 8.71. The SMILES string of the molecule is COP(=O)(OF)OP(=O)(OC)O[C@H]1OC(CO)[C@@H](O)[C@H](O)C1NC(C)=O. The Hall–Kier alpha value is -0.500. The molecule has 26 heavy (non-hydrogen) atoms. The van der Waals surface area contributed by atoms with Crippen molar-refractivity contribution in [1.82, 2.24) is 5.32 Å². The number of amides is 1. The number of carbonyl (C=O) groups excluding carboxylic acids is 1. The number of ether oxygens (including phenoxy) is 1. The number of halogens is 1. The second-order valence-corrected chi connectivity index (χ2v) is 8.47. The Morgan fingerprint density at radius 1 is 1.19 bits per heavy atom. The van der Waals surface area contributed by atoms with Gasteiger partial charge in [0.15, 0.2) is 6.29 Å². The summed E-state index contributed by atoms with van der Waals surface area (Å²) in [7, 11) is -8.36. The average Bonchev–Trinajstić information content (AvgIpc) is 2.60. The Labute approximate surface area is 147 Å². The van der Waals surface area contributed by atoms with Crippen molar-refractivity contribution < 1.29 is 61.1 Å². The van der Waals surface area contributed by atoms with Crippen LogP contribution in [0.4, 0.5) is 4.53 Å². The monoisotopic (exact) mass is 427 g/mol. The van der Waals surface area contributed by atoms with Gasteiger partial charge in [-0.2, -0.15) is 4.31 Å². The van der Waals surface area contributed by atoms with Gasteiger partial charge >= 0.3 is 15.6 Å². The van der Waals surface area contributed by atoms with Gasteiger partial charge in [0.25, 0.3) is 0 Å². The van der Waals surface area contributed by atoms with Gasteiger partial charge in [-0.15, -0.1) is 0 Å². The Balaban J connectivity index is 3.10. The number of carbonyl (C=O) groups is 1. The summed E-state index contributed by atoms with van der Waals surface area (Å²) >= 11 is 0. The van der Waals surface area contributed by atoms with Crippen LogP contribution in [0, 0.1) is 0 Å². The maximum atomic E-state index is 12.4. The van der Waals surface area contributed by atoms with Crippen LogP contribution >= 0.6 is 15.6 Å². The molecule has 4 unspecified atom stereocenters. The lowest BCUT2D eigenvalue weighted by atomic mass is 9.97. The summed E-state index contributed by atoms with van der Waals surface area (Å²) in [5.74, 6) is -0.691. The predicted octanol–water partition coefficient (Wildman–Crippen LogP) is -0.627. The molecule has 0 aromatic heterocycles. The minimum Gasteiger partial charge on any atom is -0.394 e. The molecule has 1 fully saturated rings. The van der Waals surface area contributed by atoms with Gasteiger partial charge in [0.05, 0.1) is 6.61 Å². The highest BCUT2D eigenvalue weighted by Gasteiger charge is 2.50. The molecule has 1 amide bonds. The lowest BCUT2D eigenvalue weighted by molar-refractivity contribution is -0.248. The molecule has 7 atom stereocenters. The lowest BCUT2D eigenvalue weighted by Gasteiger charge is -2.42. The van der Waals surface area contributed by atoms with E-state index in [0.717, 1.165) is 21.1 Å². The van der Waals surface area contributed by atoms with Crippen molar-refractivity contribution in [2.75, 3.05) is 20.8 Å².